The number of aliphatic hydroxyl groups is 21. The highest BCUT2D eigenvalue weighted by atomic mass is 16.6. The van der Waals surface area contributed by atoms with Gasteiger partial charge in [-0.05, 0) is 121 Å². The van der Waals surface area contributed by atoms with E-state index in [1.807, 2.05) is 42.5 Å². The third-order valence-electron chi connectivity index (χ3n) is 16.6. The number of rotatable bonds is 46. The molecule has 23 nitrogen and oxygen atoms in total. The van der Waals surface area contributed by atoms with E-state index in [9.17, 15) is 102 Å². The highest BCUT2D eigenvalue weighted by Crippen LogP contribution is 2.32. The van der Waals surface area contributed by atoms with E-state index in [0.717, 1.165) is 12.8 Å². The molecule has 25 atom stereocenters. The lowest BCUT2D eigenvalue weighted by molar-refractivity contribution is -0.234. The minimum absolute atomic E-state index is 0.00225. The average molecular weight is 1270 g/mol. The van der Waals surface area contributed by atoms with Crippen molar-refractivity contribution in [1.82, 2.24) is 0 Å². The highest BCUT2D eigenvalue weighted by Gasteiger charge is 2.47. The van der Waals surface area contributed by atoms with Crippen molar-refractivity contribution in [2.75, 3.05) is 13.2 Å². The van der Waals surface area contributed by atoms with Crippen molar-refractivity contribution in [3.05, 3.63) is 109 Å². The Hall–Kier alpha value is -3.26. The molecule has 514 valence electrons. The van der Waals surface area contributed by atoms with Crippen LogP contribution in [0.2, 0.25) is 0 Å². The van der Waals surface area contributed by atoms with Crippen molar-refractivity contribution in [2.45, 2.75) is 276 Å². The lowest BCUT2D eigenvalue weighted by Gasteiger charge is -2.42. The molecule has 0 aromatic heterocycles. The molecule has 0 amide bonds. The summed E-state index contributed by atoms with van der Waals surface area (Å²) in [6.07, 6.45) is -4.24. The van der Waals surface area contributed by atoms with Crippen LogP contribution in [0.15, 0.2) is 109 Å². The minimum Gasteiger partial charge on any atom is -0.396 e. The topological polar surface area (TPSA) is 443 Å². The first-order chi connectivity index (χ1) is 42.2. The van der Waals surface area contributed by atoms with Gasteiger partial charge in [0.1, 0.15) is 61.0 Å². The molecule has 2 aliphatic rings. The molecule has 21 N–H and O–H groups in total. The molecule has 2 saturated heterocycles. The lowest BCUT2D eigenvalue weighted by atomic mass is 9.85. The van der Waals surface area contributed by atoms with Crippen molar-refractivity contribution in [2.24, 2.45) is 11.8 Å². The number of hydrogen-bond acceptors (Lipinski definition) is 23. The van der Waals surface area contributed by atoms with E-state index in [0.29, 0.717) is 37.7 Å². The lowest BCUT2D eigenvalue weighted by Crippen LogP contribution is -2.59. The zero-order valence-electron chi connectivity index (χ0n) is 52.0. The summed E-state index contributed by atoms with van der Waals surface area (Å²) >= 11 is 0. The molecule has 0 spiro atoms. The predicted octanol–water partition coefficient (Wildman–Crippen LogP) is 0.0528. The molecule has 0 aromatic carbocycles. The van der Waals surface area contributed by atoms with Gasteiger partial charge >= 0.3 is 0 Å². The third kappa shape index (κ3) is 31.5. The molecule has 2 rings (SSSR count). The SMILES string of the molecule is C=CCCC=CC=CC=CCCC=CC(O)C(O)C1OC(C(O)C(O)C(=C)CCC(O)C2CC(O)C(O)C(C(O)C(O)C=C(C)CCC(O)CC(O)C(O)C(C)CC(O)C(CO)CCC(O)CCCC(O)C=CCC(O)C=CCC(O)CO)O2)CC(O)C1O. The van der Waals surface area contributed by atoms with E-state index in [2.05, 4.69) is 13.2 Å². The van der Waals surface area contributed by atoms with Crippen LogP contribution in [0.3, 0.4) is 0 Å². The van der Waals surface area contributed by atoms with Crippen LogP contribution in [-0.4, -0.2) is 261 Å². The fourth-order valence-corrected chi connectivity index (χ4v) is 10.7. The minimum atomic E-state index is -1.83. The second-order valence-corrected chi connectivity index (χ2v) is 24.3. The van der Waals surface area contributed by atoms with Gasteiger partial charge in [-0.3, -0.25) is 0 Å². The largest absolute Gasteiger partial charge is 0.396 e. The molecule has 2 aliphatic heterocycles. The maximum atomic E-state index is 11.2. The molecule has 0 aromatic rings. The number of hydrogen-bond donors (Lipinski definition) is 21. The summed E-state index contributed by atoms with van der Waals surface area (Å²) in [6, 6.07) is 0. The Morgan fingerprint density at radius 1 is 0.528 bits per heavy atom. The zero-order valence-corrected chi connectivity index (χ0v) is 52.0. The Balaban J connectivity index is 1.83. The summed E-state index contributed by atoms with van der Waals surface area (Å²) in [7, 11) is 0. The second kappa shape index (κ2) is 45.1. The number of aliphatic hydroxyl groups excluding tert-OH is 21. The van der Waals surface area contributed by atoms with Gasteiger partial charge in [-0.25, -0.2) is 0 Å². The molecule has 2 heterocycles. The Bertz CT molecular complexity index is 2120. The molecule has 23 heteroatoms. The van der Waals surface area contributed by atoms with Crippen LogP contribution in [-0.2, 0) is 9.47 Å². The maximum Gasteiger partial charge on any atom is 0.115 e. The summed E-state index contributed by atoms with van der Waals surface area (Å²) in [4.78, 5) is 0. The monoisotopic (exact) mass is 1270 g/mol. The molecule has 0 bridgehead atoms. The Morgan fingerprint density at radius 2 is 1.10 bits per heavy atom. The van der Waals surface area contributed by atoms with Gasteiger partial charge in [0.05, 0.1) is 86.0 Å². The molecule has 89 heavy (non-hydrogen) atoms. The summed E-state index contributed by atoms with van der Waals surface area (Å²) in [5.74, 6) is -1.33. The van der Waals surface area contributed by atoms with Gasteiger partial charge < -0.3 is 117 Å². The van der Waals surface area contributed by atoms with Gasteiger partial charge in [0.15, 0.2) is 0 Å². The Kier molecular flexibility index (Phi) is 41.5. The summed E-state index contributed by atoms with van der Waals surface area (Å²) < 4.78 is 11.6. The molecular formula is C66H112O23. The van der Waals surface area contributed by atoms with Crippen molar-refractivity contribution >= 4 is 0 Å². The fraction of sp³-hybridized carbons (Fsp3) is 0.727. The first-order valence-electron chi connectivity index (χ1n) is 31.6. The number of ether oxygens (including phenoxy) is 2. The second-order valence-electron chi connectivity index (χ2n) is 24.3. The van der Waals surface area contributed by atoms with Gasteiger partial charge in [0.2, 0.25) is 0 Å². The third-order valence-corrected chi connectivity index (χ3v) is 16.6. The molecule has 0 radical (unpaired) electrons. The number of unbranched alkanes of at least 4 members (excludes halogenated alkanes) is 2. The van der Waals surface area contributed by atoms with Gasteiger partial charge in [-0.2, -0.15) is 0 Å². The standard InChI is InChI=1S/C66H112O23/c1-5-6-7-8-9-10-11-12-13-14-15-16-26-50(75)60(83)65-63(86)55(80)37-57(89-65)64(87)59(82)41(3)28-32-49(74)56-36-54(79)62(85)66(88-56)61(84)52(77)33-40(2)27-30-47(72)35-53(78)58(81)42(4)34-51(76)43(38-67)29-31-46(71)24-18-22-44(69)20-17-21-45(70)23-19-25-48(73)39-68/h5,8-13,16-17,19-20,23,26,33,42-87H,1,3,6-7,14-15,18,21-22,24-25,27-32,34-39H2,2,4H3. The van der Waals surface area contributed by atoms with Crippen LogP contribution in [0.1, 0.15) is 136 Å². The molecular weight excluding hydrogens is 1160 g/mol. The maximum absolute atomic E-state index is 11.2. The first kappa shape index (κ1) is 81.8. The van der Waals surface area contributed by atoms with Crippen LogP contribution in [0.5, 0.6) is 0 Å². The van der Waals surface area contributed by atoms with Gasteiger partial charge in [0.25, 0.3) is 0 Å². The molecule has 0 aliphatic carbocycles. The van der Waals surface area contributed by atoms with Crippen molar-refractivity contribution in [3.8, 4) is 0 Å². The summed E-state index contributed by atoms with van der Waals surface area (Å²) in [5, 5.41) is 223. The number of allylic oxidation sites excluding steroid dienone is 9. The smallest absolute Gasteiger partial charge is 0.115 e. The summed E-state index contributed by atoms with van der Waals surface area (Å²) in [6.45, 7) is 9.91. The fourth-order valence-electron chi connectivity index (χ4n) is 10.7. The van der Waals surface area contributed by atoms with Crippen LogP contribution < -0.4 is 0 Å². The predicted molar refractivity (Wildman–Crippen MR) is 334 cm³/mol. The average Bonchev–Trinajstić information content (AvgIpc) is 2.10. The van der Waals surface area contributed by atoms with Gasteiger partial charge in [-0.15, -0.1) is 6.58 Å². The van der Waals surface area contributed by atoms with Gasteiger partial charge in [-0.1, -0.05) is 104 Å². The van der Waals surface area contributed by atoms with E-state index >= 15 is 0 Å². The van der Waals surface area contributed by atoms with Crippen molar-refractivity contribution in [3.63, 3.8) is 0 Å². The van der Waals surface area contributed by atoms with E-state index in [1.54, 1.807) is 38.2 Å². The van der Waals surface area contributed by atoms with Crippen LogP contribution in [0.25, 0.3) is 0 Å². The summed E-state index contributed by atoms with van der Waals surface area (Å²) in [5.41, 5.74) is 0.470. The van der Waals surface area contributed by atoms with Crippen LogP contribution >= 0.6 is 0 Å². The molecule has 25 unspecified atom stereocenters. The van der Waals surface area contributed by atoms with Crippen molar-refractivity contribution < 1.29 is 117 Å². The quantitative estimate of drug-likeness (QED) is 0.0218. The van der Waals surface area contributed by atoms with Gasteiger partial charge in [0, 0.05) is 31.8 Å². The van der Waals surface area contributed by atoms with Crippen LogP contribution in [0, 0.1) is 11.8 Å². The van der Waals surface area contributed by atoms with Crippen molar-refractivity contribution in [1.29, 1.82) is 0 Å². The molecule has 2 fully saturated rings. The highest BCUT2D eigenvalue weighted by molar-refractivity contribution is 5.13. The van der Waals surface area contributed by atoms with E-state index in [1.165, 1.54) is 18.2 Å². The Morgan fingerprint density at radius 3 is 1.72 bits per heavy atom. The van der Waals surface area contributed by atoms with E-state index in [4.69, 9.17) is 14.6 Å². The first-order valence-corrected chi connectivity index (χ1v) is 31.6. The van der Waals surface area contributed by atoms with E-state index < -0.39 is 159 Å². The molecule has 0 saturated carbocycles. The van der Waals surface area contributed by atoms with Crippen LogP contribution in [0.4, 0.5) is 0 Å². The normalized spacial score (nSPS) is 27.5. The Labute approximate surface area is 525 Å². The zero-order chi connectivity index (χ0) is 66.8. The van der Waals surface area contributed by atoms with E-state index in [-0.39, 0.29) is 89.2 Å².